The maximum Gasteiger partial charge on any atom is 0.0995 e. The molecule has 2 aromatic rings. The Bertz CT molecular complexity index is 519. The third-order valence-electron chi connectivity index (χ3n) is 3.54. The first kappa shape index (κ1) is 11.5. The molecule has 18 heavy (non-hydrogen) atoms. The first-order chi connectivity index (χ1) is 8.75. The molecule has 1 aliphatic rings. The molecule has 3 rings (SSSR count). The number of hydrogen-bond acceptors (Lipinski definition) is 3. The van der Waals surface area contributed by atoms with Crippen LogP contribution < -0.4 is 5.32 Å². The van der Waals surface area contributed by atoms with Gasteiger partial charge in [-0.2, -0.15) is 5.10 Å². The highest BCUT2D eigenvalue weighted by atomic mass is 15.3. The number of nitrogens with zero attached hydrogens (tertiary/aromatic N) is 4. The normalized spacial score (nSPS) is 19.8. The molecule has 2 aromatic heterocycles. The molecule has 5 heteroatoms. The molecule has 1 aliphatic heterocycles. The Kier molecular flexibility index (Phi) is 2.91. The van der Waals surface area contributed by atoms with Crippen LogP contribution in [0.2, 0.25) is 0 Å². The minimum absolute atomic E-state index is 0.388. The van der Waals surface area contributed by atoms with Gasteiger partial charge in [0, 0.05) is 36.6 Å². The lowest BCUT2D eigenvalue weighted by molar-refractivity contribution is 0.532. The molecule has 0 radical (unpaired) electrons. The van der Waals surface area contributed by atoms with Crippen LogP contribution in [-0.4, -0.2) is 32.4 Å². The zero-order valence-corrected chi connectivity index (χ0v) is 10.9. The molecule has 0 aliphatic carbocycles. The SMILES string of the molecule is CC(C)n1cc(-n2cncc2C2CCNC2)cn1. The molecule has 3 heterocycles. The molecule has 0 saturated carbocycles. The van der Waals surface area contributed by atoms with E-state index in [0.717, 1.165) is 18.8 Å². The Labute approximate surface area is 107 Å². The van der Waals surface area contributed by atoms with E-state index in [4.69, 9.17) is 0 Å². The van der Waals surface area contributed by atoms with Crippen LogP contribution >= 0.6 is 0 Å². The fraction of sp³-hybridized carbons (Fsp3) is 0.538. The van der Waals surface area contributed by atoms with E-state index >= 15 is 0 Å². The Morgan fingerprint density at radius 3 is 2.94 bits per heavy atom. The van der Waals surface area contributed by atoms with E-state index in [0.29, 0.717) is 12.0 Å². The summed E-state index contributed by atoms with van der Waals surface area (Å²) in [5, 5.41) is 7.79. The summed E-state index contributed by atoms with van der Waals surface area (Å²) in [5.74, 6) is 0.565. The predicted molar refractivity (Wildman–Crippen MR) is 70.0 cm³/mol. The highest BCUT2D eigenvalue weighted by Crippen LogP contribution is 2.24. The van der Waals surface area contributed by atoms with Gasteiger partial charge in [-0.15, -0.1) is 0 Å². The second-order valence-corrected chi connectivity index (χ2v) is 5.15. The van der Waals surface area contributed by atoms with Gasteiger partial charge in [0.15, 0.2) is 0 Å². The van der Waals surface area contributed by atoms with Gasteiger partial charge in [0.1, 0.15) is 0 Å². The van der Waals surface area contributed by atoms with Gasteiger partial charge in [-0.25, -0.2) is 4.98 Å². The van der Waals surface area contributed by atoms with Gasteiger partial charge in [-0.3, -0.25) is 9.25 Å². The summed E-state index contributed by atoms with van der Waals surface area (Å²) in [6.07, 6.45) is 9.04. The Hall–Kier alpha value is -1.62. The maximum atomic E-state index is 4.39. The lowest BCUT2D eigenvalue weighted by atomic mass is 10.1. The summed E-state index contributed by atoms with van der Waals surface area (Å²) in [7, 11) is 0. The molecule has 1 N–H and O–H groups in total. The molecular formula is C13H19N5. The lowest BCUT2D eigenvalue weighted by Crippen LogP contribution is -2.10. The highest BCUT2D eigenvalue weighted by Gasteiger charge is 2.21. The zero-order chi connectivity index (χ0) is 12.5. The largest absolute Gasteiger partial charge is 0.316 e. The van der Waals surface area contributed by atoms with Crippen LogP contribution in [0.1, 0.15) is 37.9 Å². The molecule has 0 bridgehead atoms. The molecular weight excluding hydrogens is 226 g/mol. The lowest BCUT2D eigenvalue weighted by Gasteiger charge is -2.11. The smallest absolute Gasteiger partial charge is 0.0995 e. The Morgan fingerprint density at radius 1 is 1.39 bits per heavy atom. The van der Waals surface area contributed by atoms with Gasteiger partial charge in [0.2, 0.25) is 0 Å². The zero-order valence-electron chi connectivity index (χ0n) is 10.9. The van der Waals surface area contributed by atoms with Crippen LogP contribution in [0.3, 0.4) is 0 Å². The molecule has 1 unspecified atom stereocenters. The minimum atomic E-state index is 0.388. The van der Waals surface area contributed by atoms with Crippen molar-refractivity contribution in [2.45, 2.75) is 32.2 Å². The van der Waals surface area contributed by atoms with E-state index < -0.39 is 0 Å². The van der Waals surface area contributed by atoms with Crippen molar-refractivity contribution < 1.29 is 0 Å². The van der Waals surface area contributed by atoms with Crippen molar-refractivity contribution in [1.29, 1.82) is 0 Å². The highest BCUT2D eigenvalue weighted by molar-refractivity contribution is 5.30. The average molecular weight is 245 g/mol. The topological polar surface area (TPSA) is 47.7 Å². The van der Waals surface area contributed by atoms with Crippen molar-refractivity contribution in [3.63, 3.8) is 0 Å². The second-order valence-electron chi connectivity index (χ2n) is 5.15. The summed E-state index contributed by atoms with van der Waals surface area (Å²) < 4.78 is 4.13. The van der Waals surface area contributed by atoms with E-state index in [1.54, 1.807) is 0 Å². The van der Waals surface area contributed by atoms with Crippen LogP contribution in [0, 0.1) is 0 Å². The van der Waals surface area contributed by atoms with E-state index in [-0.39, 0.29) is 0 Å². The van der Waals surface area contributed by atoms with Crippen LogP contribution in [0.5, 0.6) is 0 Å². The molecule has 1 fully saturated rings. The first-order valence-electron chi connectivity index (χ1n) is 6.53. The fourth-order valence-electron chi connectivity index (χ4n) is 2.46. The quantitative estimate of drug-likeness (QED) is 0.895. The van der Waals surface area contributed by atoms with Crippen molar-refractivity contribution in [2.75, 3.05) is 13.1 Å². The molecule has 1 saturated heterocycles. The monoisotopic (exact) mass is 245 g/mol. The molecule has 1 atom stereocenters. The van der Waals surface area contributed by atoms with Crippen molar-refractivity contribution >= 4 is 0 Å². The Balaban J connectivity index is 1.93. The summed E-state index contributed by atoms with van der Waals surface area (Å²) in [4.78, 5) is 4.30. The van der Waals surface area contributed by atoms with Crippen LogP contribution in [0.4, 0.5) is 0 Å². The third kappa shape index (κ3) is 1.95. The minimum Gasteiger partial charge on any atom is -0.316 e. The molecule has 5 nitrogen and oxygen atoms in total. The number of aromatic nitrogens is 4. The third-order valence-corrected chi connectivity index (χ3v) is 3.54. The molecule has 0 spiro atoms. The van der Waals surface area contributed by atoms with E-state index in [1.807, 2.05) is 23.4 Å². The van der Waals surface area contributed by atoms with Gasteiger partial charge < -0.3 is 5.32 Å². The summed E-state index contributed by atoms with van der Waals surface area (Å²) >= 11 is 0. The number of nitrogens with one attached hydrogen (secondary N) is 1. The fourth-order valence-corrected chi connectivity index (χ4v) is 2.46. The first-order valence-corrected chi connectivity index (χ1v) is 6.53. The van der Waals surface area contributed by atoms with Gasteiger partial charge in [-0.05, 0) is 26.8 Å². The molecule has 0 amide bonds. The van der Waals surface area contributed by atoms with Crippen molar-refractivity contribution in [2.24, 2.45) is 0 Å². The van der Waals surface area contributed by atoms with Gasteiger partial charge in [-0.1, -0.05) is 0 Å². The summed E-state index contributed by atoms with van der Waals surface area (Å²) in [5.41, 5.74) is 2.38. The van der Waals surface area contributed by atoms with Gasteiger partial charge >= 0.3 is 0 Å². The van der Waals surface area contributed by atoms with E-state index in [9.17, 15) is 0 Å². The Morgan fingerprint density at radius 2 is 2.28 bits per heavy atom. The number of rotatable bonds is 3. The molecule has 0 aromatic carbocycles. The molecule has 96 valence electrons. The van der Waals surface area contributed by atoms with Crippen molar-refractivity contribution in [3.05, 3.63) is 30.6 Å². The van der Waals surface area contributed by atoms with Crippen molar-refractivity contribution in [1.82, 2.24) is 24.6 Å². The average Bonchev–Trinajstić information content (AvgIpc) is 3.10. The van der Waals surface area contributed by atoms with Gasteiger partial charge in [0.25, 0.3) is 0 Å². The summed E-state index contributed by atoms with van der Waals surface area (Å²) in [6.45, 7) is 6.41. The standard InChI is InChI=1S/C13H19N5/c1-10(2)18-8-12(6-16-18)17-9-15-7-13(17)11-3-4-14-5-11/h6-11,14H,3-5H2,1-2H3. The number of imidazole rings is 1. The maximum absolute atomic E-state index is 4.39. The second kappa shape index (κ2) is 4.57. The summed E-state index contributed by atoms with van der Waals surface area (Å²) in [6, 6.07) is 0.388. The van der Waals surface area contributed by atoms with Gasteiger partial charge in [0.05, 0.1) is 18.2 Å². The number of hydrogen-bond donors (Lipinski definition) is 1. The van der Waals surface area contributed by atoms with E-state index in [2.05, 4.69) is 40.0 Å². The van der Waals surface area contributed by atoms with Crippen LogP contribution in [0.25, 0.3) is 5.69 Å². The van der Waals surface area contributed by atoms with E-state index in [1.165, 1.54) is 12.1 Å². The predicted octanol–water partition coefficient (Wildman–Crippen LogP) is 1.73. The van der Waals surface area contributed by atoms with Crippen LogP contribution in [-0.2, 0) is 0 Å². The van der Waals surface area contributed by atoms with Crippen LogP contribution in [0.15, 0.2) is 24.9 Å². The van der Waals surface area contributed by atoms with Crippen molar-refractivity contribution in [3.8, 4) is 5.69 Å².